The summed E-state index contributed by atoms with van der Waals surface area (Å²) in [4.78, 5) is 25.9. The van der Waals surface area contributed by atoms with Crippen molar-refractivity contribution in [1.29, 1.82) is 0 Å². The van der Waals surface area contributed by atoms with Gasteiger partial charge >= 0.3 is 0 Å². The maximum absolute atomic E-state index is 13.2. The van der Waals surface area contributed by atoms with Crippen molar-refractivity contribution in [3.05, 3.63) is 65.7 Å². The fraction of sp³-hybridized carbons (Fsp3) is 0.182. The van der Waals surface area contributed by atoms with Crippen LogP contribution in [0.2, 0.25) is 0 Å². The first kappa shape index (κ1) is 18.6. The Kier molecular flexibility index (Phi) is 4.25. The van der Waals surface area contributed by atoms with Gasteiger partial charge in [0.1, 0.15) is 0 Å². The number of carbonyl (C=O) groups is 2. The molecule has 0 bridgehead atoms. The molecule has 1 saturated heterocycles. The summed E-state index contributed by atoms with van der Waals surface area (Å²) in [7, 11) is -3.89. The second-order valence-corrected chi connectivity index (χ2v) is 9.17. The highest BCUT2D eigenvalue weighted by Gasteiger charge is 2.26. The van der Waals surface area contributed by atoms with Gasteiger partial charge in [0, 0.05) is 47.2 Å². The zero-order valence-electron chi connectivity index (χ0n) is 16.0. The molecule has 3 aromatic carbocycles. The quantitative estimate of drug-likeness (QED) is 0.661. The molecular formula is C22H19N3O4S. The van der Waals surface area contributed by atoms with E-state index < -0.39 is 10.0 Å². The van der Waals surface area contributed by atoms with Gasteiger partial charge in [0.15, 0.2) is 0 Å². The molecule has 2 heterocycles. The Morgan fingerprint density at radius 1 is 1.03 bits per heavy atom. The number of nitrogens with one attached hydrogen (secondary N) is 2. The summed E-state index contributed by atoms with van der Waals surface area (Å²) in [6, 6.07) is 15.2. The summed E-state index contributed by atoms with van der Waals surface area (Å²) >= 11 is 0. The molecule has 2 amide bonds. The standard InChI is InChI=1S/C22H19N3O4S/c26-20-8-3-11-25(20)13-14-4-1-5-15(12-14)24-30(28,29)19-10-9-18-21-16(19)6-2-7-17(21)22(27)23-18/h1-2,4-7,9-10,12,24H,3,8,11,13H2,(H,23,27). The number of amides is 2. The number of carbonyl (C=O) groups excluding carboxylic acids is 2. The lowest BCUT2D eigenvalue weighted by Gasteiger charge is -2.16. The second-order valence-electron chi connectivity index (χ2n) is 7.52. The number of benzene rings is 3. The van der Waals surface area contributed by atoms with Crippen LogP contribution in [0.4, 0.5) is 11.4 Å². The van der Waals surface area contributed by atoms with Crippen molar-refractivity contribution in [2.24, 2.45) is 0 Å². The van der Waals surface area contributed by atoms with E-state index in [1.165, 1.54) is 6.07 Å². The Morgan fingerprint density at radius 2 is 1.87 bits per heavy atom. The molecule has 1 fully saturated rings. The molecule has 152 valence electrons. The Balaban J connectivity index is 1.48. The molecule has 3 aromatic rings. The molecule has 5 rings (SSSR count). The molecule has 7 nitrogen and oxygen atoms in total. The summed E-state index contributed by atoms with van der Waals surface area (Å²) in [6.07, 6.45) is 1.42. The molecule has 2 N–H and O–H groups in total. The fourth-order valence-electron chi connectivity index (χ4n) is 4.13. The predicted octanol–water partition coefficient (Wildman–Crippen LogP) is 3.33. The lowest BCUT2D eigenvalue weighted by atomic mass is 10.1. The van der Waals surface area contributed by atoms with Gasteiger partial charge in [-0.05, 0) is 42.3 Å². The minimum atomic E-state index is -3.89. The number of rotatable bonds is 5. The van der Waals surface area contributed by atoms with E-state index in [0.29, 0.717) is 40.7 Å². The van der Waals surface area contributed by atoms with Gasteiger partial charge in [-0.1, -0.05) is 24.3 Å². The summed E-state index contributed by atoms with van der Waals surface area (Å²) < 4.78 is 29.0. The van der Waals surface area contributed by atoms with Crippen LogP contribution < -0.4 is 10.0 Å². The predicted molar refractivity (Wildman–Crippen MR) is 114 cm³/mol. The third-order valence-electron chi connectivity index (χ3n) is 5.51. The summed E-state index contributed by atoms with van der Waals surface area (Å²) in [6.45, 7) is 1.19. The van der Waals surface area contributed by atoms with E-state index in [4.69, 9.17) is 0 Å². The molecule has 0 saturated carbocycles. The number of hydrogen-bond acceptors (Lipinski definition) is 4. The number of anilines is 2. The SMILES string of the molecule is O=C1Nc2ccc(S(=O)(=O)Nc3cccc(CN4CCCC4=O)c3)c3cccc1c23. The fourth-order valence-corrected chi connectivity index (χ4v) is 5.39. The molecule has 2 aliphatic rings. The smallest absolute Gasteiger partial charge is 0.262 e. The van der Waals surface area contributed by atoms with Crippen molar-refractivity contribution in [2.75, 3.05) is 16.6 Å². The van der Waals surface area contributed by atoms with Crippen LogP contribution in [-0.2, 0) is 21.4 Å². The van der Waals surface area contributed by atoms with Gasteiger partial charge in [-0.3, -0.25) is 14.3 Å². The molecule has 0 aromatic heterocycles. The Labute approximate surface area is 173 Å². The summed E-state index contributed by atoms with van der Waals surface area (Å²) in [5.74, 6) is -0.112. The average Bonchev–Trinajstić information content (AvgIpc) is 3.26. The van der Waals surface area contributed by atoms with E-state index in [0.717, 1.165) is 18.5 Å². The van der Waals surface area contributed by atoms with E-state index in [1.54, 1.807) is 47.4 Å². The van der Waals surface area contributed by atoms with Crippen LogP contribution >= 0.6 is 0 Å². The zero-order chi connectivity index (χ0) is 20.9. The molecule has 8 heteroatoms. The Bertz CT molecular complexity index is 1320. The van der Waals surface area contributed by atoms with Crippen molar-refractivity contribution < 1.29 is 18.0 Å². The normalized spacial score (nSPS) is 15.7. The molecule has 0 atom stereocenters. The highest BCUT2D eigenvalue weighted by atomic mass is 32.2. The lowest BCUT2D eigenvalue weighted by molar-refractivity contribution is -0.128. The molecule has 0 spiro atoms. The molecular weight excluding hydrogens is 402 g/mol. The van der Waals surface area contributed by atoms with Gasteiger partial charge in [0.05, 0.1) is 4.90 Å². The van der Waals surface area contributed by atoms with Crippen LogP contribution in [0.3, 0.4) is 0 Å². The third-order valence-corrected chi connectivity index (χ3v) is 6.95. The van der Waals surface area contributed by atoms with Crippen molar-refractivity contribution in [3.8, 4) is 0 Å². The maximum Gasteiger partial charge on any atom is 0.262 e. The first-order valence-corrected chi connectivity index (χ1v) is 11.2. The maximum atomic E-state index is 13.2. The van der Waals surface area contributed by atoms with Crippen molar-refractivity contribution in [2.45, 2.75) is 24.3 Å². The molecule has 30 heavy (non-hydrogen) atoms. The van der Waals surface area contributed by atoms with E-state index in [9.17, 15) is 18.0 Å². The van der Waals surface area contributed by atoms with Gasteiger partial charge in [0.25, 0.3) is 15.9 Å². The largest absolute Gasteiger partial charge is 0.338 e. The van der Waals surface area contributed by atoms with Crippen molar-refractivity contribution >= 4 is 44.0 Å². The van der Waals surface area contributed by atoms with E-state index in [2.05, 4.69) is 10.0 Å². The molecule has 0 unspecified atom stereocenters. The van der Waals surface area contributed by atoms with Gasteiger partial charge in [-0.15, -0.1) is 0 Å². The van der Waals surface area contributed by atoms with E-state index >= 15 is 0 Å². The van der Waals surface area contributed by atoms with Gasteiger partial charge in [-0.2, -0.15) is 0 Å². The minimum Gasteiger partial charge on any atom is -0.338 e. The van der Waals surface area contributed by atoms with Crippen LogP contribution in [0.5, 0.6) is 0 Å². The lowest BCUT2D eigenvalue weighted by Crippen LogP contribution is -2.23. The second kappa shape index (κ2) is 6.84. The first-order chi connectivity index (χ1) is 14.4. The van der Waals surface area contributed by atoms with Gasteiger partial charge in [-0.25, -0.2) is 8.42 Å². The third kappa shape index (κ3) is 3.09. The Morgan fingerprint density at radius 3 is 2.67 bits per heavy atom. The Hall–Kier alpha value is -3.39. The monoisotopic (exact) mass is 421 g/mol. The van der Waals surface area contributed by atoms with Crippen molar-refractivity contribution in [1.82, 2.24) is 4.90 Å². The molecule has 0 aliphatic carbocycles. The molecule has 0 radical (unpaired) electrons. The highest BCUT2D eigenvalue weighted by Crippen LogP contribution is 2.37. The average molecular weight is 421 g/mol. The highest BCUT2D eigenvalue weighted by molar-refractivity contribution is 7.93. The van der Waals surface area contributed by atoms with Crippen LogP contribution in [0.1, 0.15) is 28.8 Å². The summed E-state index contributed by atoms with van der Waals surface area (Å²) in [5.41, 5.74) is 2.37. The van der Waals surface area contributed by atoms with E-state index in [1.807, 2.05) is 6.07 Å². The van der Waals surface area contributed by atoms with E-state index in [-0.39, 0.29) is 16.7 Å². The summed E-state index contributed by atoms with van der Waals surface area (Å²) in [5, 5.41) is 3.87. The van der Waals surface area contributed by atoms with Crippen LogP contribution in [0.25, 0.3) is 10.8 Å². The van der Waals surface area contributed by atoms with Crippen LogP contribution in [0.15, 0.2) is 59.5 Å². The number of likely N-dealkylation sites (tertiary alicyclic amines) is 1. The minimum absolute atomic E-state index is 0.111. The molecule has 2 aliphatic heterocycles. The zero-order valence-corrected chi connectivity index (χ0v) is 16.8. The first-order valence-electron chi connectivity index (χ1n) is 9.69. The van der Waals surface area contributed by atoms with Gasteiger partial charge < -0.3 is 10.2 Å². The van der Waals surface area contributed by atoms with Crippen LogP contribution in [0, 0.1) is 0 Å². The van der Waals surface area contributed by atoms with Gasteiger partial charge in [0.2, 0.25) is 5.91 Å². The number of nitrogens with zero attached hydrogens (tertiary/aromatic N) is 1. The number of sulfonamides is 1. The van der Waals surface area contributed by atoms with Crippen molar-refractivity contribution in [3.63, 3.8) is 0 Å². The number of hydrogen-bond donors (Lipinski definition) is 2. The van der Waals surface area contributed by atoms with Crippen LogP contribution in [-0.4, -0.2) is 31.7 Å². The topological polar surface area (TPSA) is 95.6 Å².